The van der Waals surface area contributed by atoms with Gasteiger partial charge in [0.1, 0.15) is 11.8 Å². The molecule has 4 aromatic rings. The molecule has 0 saturated carbocycles. The normalized spacial score (nSPS) is 21.4. The molecular weight excluding hydrogens is 570 g/mol. The fourth-order valence-corrected chi connectivity index (χ4v) is 7.09. The molecule has 224 valence electrons. The van der Waals surface area contributed by atoms with Crippen LogP contribution in [-0.2, 0) is 19.1 Å². The van der Waals surface area contributed by atoms with Gasteiger partial charge in [-0.15, -0.1) is 0 Å². The number of carbonyl (C=O) groups is 5. The molecule has 0 radical (unpaired) electrons. The molecule has 8 heteroatoms. The summed E-state index contributed by atoms with van der Waals surface area (Å²) in [7, 11) is 0. The Hall–Kier alpha value is -5.37. The molecule has 8 rings (SSSR count). The van der Waals surface area contributed by atoms with Crippen LogP contribution in [0.2, 0.25) is 0 Å². The zero-order valence-corrected chi connectivity index (χ0v) is 24.6. The van der Waals surface area contributed by atoms with Crippen LogP contribution in [-0.4, -0.2) is 47.1 Å². The number of hydrogen-bond acceptors (Lipinski definition) is 7. The Labute approximate surface area is 259 Å². The van der Waals surface area contributed by atoms with Gasteiger partial charge in [-0.05, 0) is 72.5 Å². The largest absolute Gasteiger partial charge is 0.456 e. The Kier molecular flexibility index (Phi) is 6.92. The van der Waals surface area contributed by atoms with Crippen molar-refractivity contribution in [2.24, 2.45) is 11.8 Å². The molecule has 3 aliphatic carbocycles. The van der Waals surface area contributed by atoms with Crippen molar-refractivity contribution in [2.45, 2.75) is 31.7 Å². The molecule has 0 aromatic heterocycles. The van der Waals surface area contributed by atoms with Gasteiger partial charge in [-0.3, -0.25) is 19.3 Å². The number of ketones is 1. The molecule has 1 heterocycles. The highest BCUT2D eigenvalue weighted by Gasteiger charge is 2.62. The lowest BCUT2D eigenvalue weighted by atomic mass is 9.55. The van der Waals surface area contributed by atoms with Gasteiger partial charge in [0.15, 0.2) is 12.4 Å². The van der Waals surface area contributed by atoms with Crippen molar-refractivity contribution in [3.63, 3.8) is 0 Å². The van der Waals surface area contributed by atoms with Gasteiger partial charge in [0.05, 0.1) is 17.4 Å². The van der Waals surface area contributed by atoms with Gasteiger partial charge in [0, 0.05) is 17.4 Å². The maximum Gasteiger partial charge on any atom is 0.343 e. The third-order valence-corrected chi connectivity index (χ3v) is 9.23. The number of Topliss-reactive ketones (excluding diaryl/α,β-unsaturated/α-hetero) is 1. The molecule has 0 N–H and O–H groups in total. The van der Waals surface area contributed by atoms with Crippen LogP contribution in [0.3, 0.4) is 0 Å². The molecule has 8 nitrogen and oxygen atoms in total. The zero-order chi connectivity index (χ0) is 31.4. The fraction of sp³-hybridized carbons (Fsp3) is 0.216. The van der Waals surface area contributed by atoms with Crippen molar-refractivity contribution < 1.29 is 33.4 Å². The Bertz CT molecular complexity index is 1760. The molecule has 0 spiro atoms. The summed E-state index contributed by atoms with van der Waals surface area (Å²) < 4.78 is 10.7. The van der Waals surface area contributed by atoms with E-state index >= 15 is 0 Å². The van der Waals surface area contributed by atoms with Crippen LogP contribution in [0.4, 0.5) is 0 Å². The number of amides is 2. The highest BCUT2D eigenvalue weighted by Crippen LogP contribution is 2.61. The number of esters is 2. The summed E-state index contributed by atoms with van der Waals surface area (Å²) in [5.41, 5.74) is 5.84. The minimum Gasteiger partial charge on any atom is -0.456 e. The molecule has 45 heavy (non-hydrogen) atoms. The Balaban J connectivity index is 1.02. The molecule has 3 unspecified atom stereocenters. The van der Waals surface area contributed by atoms with Crippen molar-refractivity contribution in [1.29, 1.82) is 0 Å². The quantitative estimate of drug-likeness (QED) is 0.124. The minimum atomic E-state index is -1.20. The van der Waals surface area contributed by atoms with Gasteiger partial charge in [-0.25, -0.2) is 9.59 Å². The van der Waals surface area contributed by atoms with Crippen molar-refractivity contribution >= 4 is 29.5 Å². The number of aryl methyl sites for hydroxylation is 1. The highest BCUT2D eigenvalue weighted by atomic mass is 16.5. The summed E-state index contributed by atoms with van der Waals surface area (Å²) in [4.78, 5) is 67.1. The SMILES string of the molecule is Cc1ccc(C(=O)Oc2ccc(C(=O)COC(=O)C(C)N3C(=O)C4C5c6ccccc6C(c6ccccc65)C4C3=O)cc2)cc1. The first-order chi connectivity index (χ1) is 21.7. The number of ether oxygens (including phenoxy) is 2. The summed E-state index contributed by atoms with van der Waals surface area (Å²) in [5.74, 6) is -4.15. The summed E-state index contributed by atoms with van der Waals surface area (Å²) >= 11 is 0. The van der Waals surface area contributed by atoms with Crippen LogP contribution in [0.15, 0.2) is 97.1 Å². The van der Waals surface area contributed by atoms with Crippen LogP contribution >= 0.6 is 0 Å². The van der Waals surface area contributed by atoms with Gasteiger partial charge in [-0.1, -0.05) is 66.2 Å². The van der Waals surface area contributed by atoms with E-state index in [1.165, 1.54) is 31.2 Å². The second-order valence-corrected chi connectivity index (χ2v) is 11.8. The summed E-state index contributed by atoms with van der Waals surface area (Å²) in [6.07, 6.45) is 0. The lowest BCUT2D eigenvalue weighted by Crippen LogP contribution is -2.45. The first-order valence-electron chi connectivity index (χ1n) is 14.9. The molecule has 2 amide bonds. The van der Waals surface area contributed by atoms with Gasteiger partial charge < -0.3 is 9.47 Å². The fourth-order valence-electron chi connectivity index (χ4n) is 7.09. The number of carbonyl (C=O) groups excluding carboxylic acids is 5. The Morgan fingerprint density at radius 2 is 1.16 bits per heavy atom. The number of rotatable bonds is 7. The molecule has 3 atom stereocenters. The molecular formula is C37H29NO7. The second-order valence-electron chi connectivity index (χ2n) is 11.8. The Morgan fingerprint density at radius 1 is 0.689 bits per heavy atom. The summed E-state index contributed by atoms with van der Waals surface area (Å²) in [6.45, 7) is 2.80. The van der Waals surface area contributed by atoms with Crippen LogP contribution in [0, 0.1) is 18.8 Å². The lowest BCUT2D eigenvalue weighted by Gasteiger charge is -2.45. The topological polar surface area (TPSA) is 107 Å². The van der Waals surface area contributed by atoms with E-state index in [1.807, 2.05) is 67.6 Å². The number of imide groups is 1. The van der Waals surface area contributed by atoms with Crippen LogP contribution < -0.4 is 4.74 Å². The first-order valence-corrected chi connectivity index (χ1v) is 14.9. The van der Waals surface area contributed by atoms with Crippen molar-refractivity contribution in [1.82, 2.24) is 4.90 Å². The van der Waals surface area contributed by atoms with E-state index in [0.29, 0.717) is 5.56 Å². The van der Waals surface area contributed by atoms with Gasteiger partial charge in [0.25, 0.3) is 0 Å². The third-order valence-electron chi connectivity index (χ3n) is 9.23. The van der Waals surface area contributed by atoms with Gasteiger partial charge >= 0.3 is 11.9 Å². The smallest absolute Gasteiger partial charge is 0.343 e. The van der Waals surface area contributed by atoms with E-state index in [0.717, 1.165) is 32.7 Å². The van der Waals surface area contributed by atoms with E-state index in [4.69, 9.17) is 9.47 Å². The standard InChI is InChI=1S/C37H29NO7/c1-20-11-13-23(14-12-20)37(43)45-24-17-15-22(16-18-24)29(39)19-44-36(42)21(2)38-34(40)32-30-25-7-3-4-8-26(25)31(33(32)35(38)41)28-10-6-5-9-27(28)30/h3-18,21,30-33H,19H2,1-2H3. The number of nitrogens with zero attached hydrogens (tertiary/aromatic N) is 1. The molecule has 1 fully saturated rings. The number of likely N-dealkylation sites (tertiary alicyclic amines) is 1. The maximum absolute atomic E-state index is 13.9. The maximum atomic E-state index is 13.9. The summed E-state index contributed by atoms with van der Waals surface area (Å²) in [5, 5.41) is 0. The zero-order valence-electron chi connectivity index (χ0n) is 24.6. The molecule has 4 aromatic carbocycles. The second kappa shape index (κ2) is 11.0. The highest BCUT2D eigenvalue weighted by molar-refractivity contribution is 6.10. The van der Waals surface area contributed by atoms with Gasteiger partial charge in [0.2, 0.25) is 11.8 Å². The first kappa shape index (κ1) is 28.4. The predicted molar refractivity (Wildman–Crippen MR) is 163 cm³/mol. The van der Waals surface area contributed by atoms with Crippen molar-refractivity contribution in [3.05, 3.63) is 136 Å². The van der Waals surface area contributed by atoms with E-state index in [9.17, 15) is 24.0 Å². The van der Waals surface area contributed by atoms with E-state index in [1.54, 1.807) is 12.1 Å². The van der Waals surface area contributed by atoms with Crippen LogP contribution in [0.1, 0.15) is 67.3 Å². The number of hydrogen-bond donors (Lipinski definition) is 0. The minimum absolute atomic E-state index is 0.247. The molecule has 1 aliphatic heterocycles. The predicted octanol–water partition coefficient (Wildman–Crippen LogP) is 5.22. The van der Waals surface area contributed by atoms with Gasteiger partial charge in [-0.2, -0.15) is 0 Å². The monoisotopic (exact) mass is 599 g/mol. The van der Waals surface area contributed by atoms with E-state index in [-0.39, 0.29) is 23.1 Å². The molecule has 1 saturated heterocycles. The molecule has 2 bridgehead atoms. The van der Waals surface area contributed by atoms with Crippen molar-refractivity contribution in [2.75, 3.05) is 6.61 Å². The average molecular weight is 600 g/mol. The van der Waals surface area contributed by atoms with E-state index < -0.39 is 54.0 Å². The summed E-state index contributed by atoms with van der Waals surface area (Å²) in [6, 6.07) is 27.5. The van der Waals surface area contributed by atoms with Crippen LogP contribution in [0.5, 0.6) is 5.75 Å². The Morgan fingerprint density at radius 3 is 1.64 bits per heavy atom. The lowest BCUT2D eigenvalue weighted by molar-refractivity contribution is -0.157. The van der Waals surface area contributed by atoms with Crippen molar-refractivity contribution in [3.8, 4) is 5.75 Å². The average Bonchev–Trinajstić information content (AvgIpc) is 3.33. The van der Waals surface area contributed by atoms with E-state index in [2.05, 4.69) is 0 Å². The third kappa shape index (κ3) is 4.65. The molecule has 4 aliphatic rings. The van der Waals surface area contributed by atoms with Crippen LogP contribution in [0.25, 0.3) is 0 Å². The number of benzene rings is 4.